The van der Waals surface area contributed by atoms with Crippen LogP contribution in [0, 0.1) is 10.1 Å². The molecule has 0 saturated heterocycles. The lowest BCUT2D eigenvalue weighted by Crippen LogP contribution is -2.08. The summed E-state index contributed by atoms with van der Waals surface area (Å²) in [7, 11) is 1.41. The second-order valence-corrected chi connectivity index (χ2v) is 3.99. The summed E-state index contributed by atoms with van der Waals surface area (Å²) in [4.78, 5) is 18.7. The molecule has 1 aromatic heterocycles. The Labute approximate surface area is 115 Å². The fraction of sp³-hybridized carbons (Fsp3) is 0.231. The highest BCUT2D eigenvalue weighted by atomic mass is 16.6. The number of benzene rings is 1. The minimum absolute atomic E-state index is 0.0610. The van der Waals surface area contributed by atoms with Crippen LogP contribution in [-0.4, -0.2) is 28.5 Å². The fourth-order valence-electron chi connectivity index (χ4n) is 1.80. The first kappa shape index (κ1) is 13.7. The van der Waals surface area contributed by atoms with Crippen LogP contribution in [-0.2, 0) is 6.42 Å². The van der Waals surface area contributed by atoms with Gasteiger partial charge >= 0.3 is 5.69 Å². The lowest BCUT2D eigenvalue weighted by molar-refractivity contribution is -0.384. The first-order chi connectivity index (χ1) is 9.72. The molecule has 0 aliphatic rings. The predicted molar refractivity (Wildman–Crippen MR) is 73.9 cm³/mol. The Bertz CT molecular complexity index is 589. The molecule has 1 aromatic carbocycles. The standard InChI is InChI=1S/C13H14N4O3/c1-20-12-4-2-3-11(13(12)17(18)19)16-6-5-10-9-14-7-8-15-10/h2-4,7-9,16H,5-6H2,1H3. The molecule has 0 bridgehead atoms. The first-order valence-electron chi connectivity index (χ1n) is 6.02. The smallest absolute Gasteiger partial charge is 0.333 e. The normalized spacial score (nSPS) is 10.1. The predicted octanol–water partition coefficient (Wildman–Crippen LogP) is 2.05. The van der Waals surface area contributed by atoms with Gasteiger partial charge in [-0.15, -0.1) is 0 Å². The van der Waals surface area contributed by atoms with Crippen molar-refractivity contribution in [2.45, 2.75) is 6.42 Å². The van der Waals surface area contributed by atoms with Crippen LogP contribution in [0.5, 0.6) is 5.75 Å². The van der Waals surface area contributed by atoms with E-state index in [1.165, 1.54) is 7.11 Å². The van der Waals surface area contributed by atoms with Gasteiger partial charge in [-0.3, -0.25) is 20.1 Å². The molecule has 7 nitrogen and oxygen atoms in total. The molecule has 0 aliphatic carbocycles. The van der Waals surface area contributed by atoms with Crippen LogP contribution in [0.2, 0.25) is 0 Å². The quantitative estimate of drug-likeness (QED) is 0.640. The number of rotatable bonds is 6. The topological polar surface area (TPSA) is 90.2 Å². The van der Waals surface area contributed by atoms with Crippen LogP contribution in [0.15, 0.2) is 36.8 Å². The van der Waals surface area contributed by atoms with E-state index >= 15 is 0 Å². The van der Waals surface area contributed by atoms with Crippen LogP contribution in [0.4, 0.5) is 11.4 Å². The van der Waals surface area contributed by atoms with E-state index < -0.39 is 4.92 Å². The van der Waals surface area contributed by atoms with Gasteiger partial charge in [0.15, 0.2) is 5.75 Å². The second-order valence-electron chi connectivity index (χ2n) is 3.99. The summed E-state index contributed by atoms with van der Waals surface area (Å²) in [5, 5.41) is 14.1. The van der Waals surface area contributed by atoms with Crippen molar-refractivity contribution < 1.29 is 9.66 Å². The summed E-state index contributed by atoms with van der Waals surface area (Å²) in [5.41, 5.74) is 1.19. The Morgan fingerprint density at radius 3 is 2.90 bits per heavy atom. The van der Waals surface area contributed by atoms with E-state index in [0.717, 1.165) is 5.69 Å². The van der Waals surface area contributed by atoms with E-state index in [0.29, 0.717) is 18.7 Å². The van der Waals surface area contributed by atoms with Crippen LogP contribution in [0.1, 0.15) is 5.69 Å². The van der Waals surface area contributed by atoms with Gasteiger partial charge in [0.05, 0.1) is 17.7 Å². The Morgan fingerprint density at radius 1 is 1.40 bits per heavy atom. The Balaban J connectivity index is 2.08. The number of nitro benzene ring substituents is 1. The van der Waals surface area contributed by atoms with Crippen molar-refractivity contribution in [2.75, 3.05) is 19.0 Å². The monoisotopic (exact) mass is 274 g/mol. The Hall–Kier alpha value is -2.70. The van der Waals surface area contributed by atoms with Gasteiger partial charge in [-0.1, -0.05) is 6.07 Å². The summed E-state index contributed by atoms with van der Waals surface area (Å²) in [5.74, 6) is 0.236. The largest absolute Gasteiger partial charge is 0.490 e. The maximum atomic E-state index is 11.1. The van der Waals surface area contributed by atoms with E-state index in [1.54, 1.807) is 36.8 Å². The Kier molecular flexibility index (Phi) is 4.43. The zero-order valence-electron chi connectivity index (χ0n) is 10.9. The number of ether oxygens (including phenoxy) is 1. The molecule has 2 aromatic rings. The summed E-state index contributed by atoms with van der Waals surface area (Å²) in [6.07, 6.45) is 5.51. The molecule has 1 N–H and O–H groups in total. The second kappa shape index (κ2) is 6.46. The highest BCUT2D eigenvalue weighted by Crippen LogP contribution is 2.34. The molecule has 0 aliphatic heterocycles. The van der Waals surface area contributed by atoms with Crippen molar-refractivity contribution in [1.29, 1.82) is 0 Å². The van der Waals surface area contributed by atoms with Gasteiger partial charge in [0.25, 0.3) is 0 Å². The zero-order valence-corrected chi connectivity index (χ0v) is 10.9. The van der Waals surface area contributed by atoms with Gasteiger partial charge < -0.3 is 10.1 Å². The van der Waals surface area contributed by atoms with Crippen LogP contribution in [0.3, 0.4) is 0 Å². The molecule has 2 rings (SSSR count). The molecular weight excluding hydrogens is 260 g/mol. The molecule has 0 fully saturated rings. The minimum Gasteiger partial charge on any atom is -0.490 e. The van der Waals surface area contributed by atoms with Gasteiger partial charge in [-0.25, -0.2) is 0 Å². The van der Waals surface area contributed by atoms with E-state index in [1.807, 2.05) is 0 Å². The average molecular weight is 274 g/mol. The third kappa shape index (κ3) is 3.19. The van der Waals surface area contributed by atoms with Crippen molar-refractivity contribution in [2.24, 2.45) is 0 Å². The molecule has 7 heteroatoms. The van der Waals surface area contributed by atoms with Crippen LogP contribution < -0.4 is 10.1 Å². The maximum absolute atomic E-state index is 11.1. The van der Waals surface area contributed by atoms with Crippen LogP contribution >= 0.6 is 0 Å². The third-order valence-corrected chi connectivity index (χ3v) is 2.71. The third-order valence-electron chi connectivity index (χ3n) is 2.71. The number of nitro groups is 1. The number of nitrogens with one attached hydrogen (secondary N) is 1. The van der Waals surface area contributed by atoms with Crippen molar-refractivity contribution in [3.63, 3.8) is 0 Å². The fourth-order valence-corrected chi connectivity index (χ4v) is 1.80. The molecule has 0 saturated carbocycles. The number of nitrogens with zero attached hydrogens (tertiary/aromatic N) is 3. The van der Waals surface area contributed by atoms with Crippen molar-refractivity contribution >= 4 is 11.4 Å². The first-order valence-corrected chi connectivity index (χ1v) is 6.02. The summed E-state index contributed by atoms with van der Waals surface area (Å²) in [6, 6.07) is 4.92. The molecule has 20 heavy (non-hydrogen) atoms. The van der Waals surface area contributed by atoms with Gasteiger partial charge in [0.1, 0.15) is 5.69 Å². The lowest BCUT2D eigenvalue weighted by atomic mass is 10.2. The summed E-state index contributed by atoms with van der Waals surface area (Å²) < 4.78 is 5.01. The number of para-hydroxylation sites is 1. The Morgan fingerprint density at radius 2 is 2.25 bits per heavy atom. The van der Waals surface area contributed by atoms with Gasteiger partial charge in [0, 0.05) is 31.6 Å². The zero-order chi connectivity index (χ0) is 14.4. The number of hydrogen-bond acceptors (Lipinski definition) is 6. The summed E-state index contributed by atoms with van der Waals surface area (Å²) >= 11 is 0. The molecule has 0 atom stereocenters. The van der Waals surface area contributed by atoms with Gasteiger partial charge in [-0.2, -0.15) is 0 Å². The van der Waals surface area contributed by atoms with Gasteiger partial charge in [-0.05, 0) is 12.1 Å². The van der Waals surface area contributed by atoms with E-state index in [2.05, 4.69) is 15.3 Å². The molecule has 0 unspecified atom stereocenters. The molecule has 1 heterocycles. The number of aromatic nitrogens is 2. The number of hydrogen-bond donors (Lipinski definition) is 1. The minimum atomic E-state index is -0.455. The van der Waals surface area contributed by atoms with Gasteiger partial charge in [0.2, 0.25) is 0 Å². The van der Waals surface area contributed by atoms with E-state index in [-0.39, 0.29) is 11.4 Å². The molecule has 104 valence electrons. The van der Waals surface area contributed by atoms with Crippen molar-refractivity contribution in [1.82, 2.24) is 9.97 Å². The molecular formula is C13H14N4O3. The maximum Gasteiger partial charge on any atom is 0.333 e. The van der Waals surface area contributed by atoms with E-state index in [9.17, 15) is 10.1 Å². The molecule has 0 spiro atoms. The lowest BCUT2D eigenvalue weighted by Gasteiger charge is -2.09. The number of methoxy groups -OCH3 is 1. The molecule has 0 amide bonds. The van der Waals surface area contributed by atoms with Crippen molar-refractivity contribution in [3.05, 3.63) is 52.6 Å². The number of anilines is 1. The summed E-state index contributed by atoms with van der Waals surface area (Å²) in [6.45, 7) is 0.521. The highest BCUT2D eigenvalue weighted by molar-refractivity contribution is 5.68. The van der Waals surface area contributed by atoms with E-state index in [4.69, 9.17) is 4.74 Å². The van der Waals surface area contributed by atoms with Crippen molar-refractivity contribution in [3.8, 4) is 5.75 Å². The molecule has 0 radical (unpaired) electrons. The highest BCUT2D eigenvalue weighted by Gasteiger charge is 2.19. The average Bonchev–Trinajstić information content (AvgIpc) is 2.47. The van der Waals surface area contributed by atoms with Crippen LogP contribution in [0.25, 0.3) is 0 Å². The SMILES string of the molecule is COc1cccc(NCCc2cnccn2)c1[N+](=O)[O-].